The molecule has 31 heavy (non-hydrogen) atoms. The van der Waals surface area contributed by atoms with Gasteiger partial charge in [-0.25, -0.2) is 9.37 Å². The summed E-state index contributed by atoms with van der Waals surface area (Å²) in [5.74, 6) is -0.844. The van der Waals surface area contributed by atoms with Crippen LogP contribution in [0.25, 0.3) is 11.3 Å². The third kappa shape index (κ3) is 5.36. The van der Waals surface area contributed by atoms with Gasteiger partial charge < -0.3 is 14.6 Å². The summed E-state index contributed by atoms with van der Waals surface area (Å²) in [7, 11) is 0. The van der Waals surface area contributed by atoms with Crippen LogP contribution in [0.1, 0.15) is 31.7 Å². The molecule has 2 fully saturated rings. The van der Waals surface area contributed by atoms with Crippen LogP contribution in [0, 0.1) is 5.82 Å². The van der Waals surface area contributed by atoms with Crippen molar-refractivity contribution < 1.29 is 31.8 Å². The molecule has 168 valence electrons. The zero-order valence-corrected chi connectivity index (χ0v) is 17.0. The average Bonchev–Trinajstić information content (AvgIpc) is 3.18. The Hall–Kier alpha value is -2.17. The van der Waals surface area contributed by atoms with Crippen LogP contribution in [0.15, 0.2) is 30.7 Å². The second-order valence-electron chi connectivity index (χ2n) is 7.75. The predicted octanol–water partition coefficient (Wildman–Crippen LogP) is 4.25. The van der Waals surface area contributed by atoms with E-state index in [2.05, 4.69) is 15.0 Å². The highest BCUT2D eigenvalue weighted by Gasteiger charge is 2.41. The summed E-state index contributed by atoms with van der Waals surface area (Å²) in [6.07, 6.45) is -1.41. The molecule has 0 unspecified atom stereocenters. The maximum Gasteiger partial charge on any atom is 0.522 e. The summed E-state index contributed by atoms with van der Waals surface area (Å²) in [4.78, 5) is 16.6. The fourth-order valence-corrected chi connectivity index (χ4v) is 3.90. The zero-order valence-electron chi connectivity index (χ0n) is 16.2. The summed E-state index contributed by atoms with van der Waals surface area (Å²) in [5, 5.41) is 2.76. The molecule has 1 saturated heterocycles. The molecule has 1 saturated carbocycles. The Bertz CT molecular complexity index is 938. The Morgan fingerprint density at radius 2 is 2.06 bits per heavy atom. The summed E-state index contributed by atoms with van der Waals surface area (Å²) < 4.78 is 61.6. The molecule has 4 rings (SSSR count). The molecule has 1 amide bonds. The van der Waals surface area contributed by atoms with Crippen molar-refractivity contribution in [3.8, 4) is 11.3 Å². The number of nitrogens with one attached hydrogen (secondary N) is 1. The molecule has 6 nitrogen and oxygen atoms in total. The van der Waals surface area contributed by atoms with Crippen LogP contribution in [0.5, 0.6) is 0 Å². The molecule has 1 aliphatic carbocycles. The number of ether oxygens (including phenoxy) is 2. The number of aromatic nitrogens is 2. The Labute approximate surface area is 180 Å². The van der Waals surface area contributed by atoms with Crippen LogP contribution < -0.4 is 5.32 Å². The fourth-order valence-electron chi connectivity index (χ4n) is 3.78. The first-order valence-electron chi connectivity index (χ1n) is 9.83. The summed E-state index contributed by atoms with van der Waals surface area (Å²) in [6, 6.07) is 4.10. The van der Waals surface area contributed by atoms with Gasteiger partial charge in [0.25, 0.3) is 0 Å². The van der Waals surface area contributed by atoms with Gasteiger partial charge in [-0.1, -0.05) is 17.7 Å². The van der Waals surface area contributed by atoms with Gasteiger partial charge in [-0.15, -0.1) is 13.2 Å². The molecule has 1 aliphatic heterocycles. The molecular formula is C20H20ClF4N3O3. The quantitative estimate of drug-likeness (QED) is 0.676. The van der Waals surface area contributed by atoms with Crippen molar-refractivity contribution >= 4 is 17.5 Å². The zero-order chi connectivity index (χ0) is 22.2. The SMILES string of the molecule is O=C(N[C@H]1C[C@@H](OC(F)(F)F)C1)[C@@H]1CC[C@@H](n2cnc(-c3ccc(Cl)c(F)c3)c2)CO1. The number of hydrogen-bond acceptors (Lipinski definition) is 4. The average molecular weight is 462 g/mol. The molecule has 0 spiro atoms. The van der Waals surface area contributed by atoms with Crippen LogP contribution in [0.2, 0.25) is 5.02 Å². The highest BCUT2D eigenvalue weighted by Crippen LogP contribution is 2.31. The van der Waals surface area contributed by atoms with Crippen LogP contribution in [-0.2, 0) is 14.3 Å². The predicted molar refractivity (Wildman–Crippen MR) is 103 cm³/mol. The molecule has 1 aromatic carbocycles. The second-order valence-corrected chi connectivity index (χ2v) is 8.16. The molecule has 1 aromatic heterocycles. The molecule has 0 bridgehead atoms. The molecule has 2 heterocycles. The Balaban J connectivity index is 1.25. The van der Waals surface area contributed by atoms with E-state index in [1.807, 2.05) is 4.57 Å². The Morgan fingerprint density at radius 3 is 2.71 bits per heavy atom. The second kappa shape index (κ2) is 8.76. The van der Waals surface area contributed by atoms with E-state index in [9.17, 15) is 22.4 Å². The minimum atomic E-state index is -4.66. The van der Waals surface area contributed by atoms with E-state index in [1.165, 1.54) is 12.1 Å². The maximum absolute atomic E-state index is 13.7. The molecule has 2 aromatic rings. The van der Waals surface area contributed by atoms with E-state index >= 15 is 0 Å². The number of imidazole rings is 1. The molecular weight excluding hydrogens is 442 g/mol. The van der Waals surface area contributed by atoms with Gasteiger partial charge in [0, 0.05) is 17.8 Å². The standard InChI is InChI=1S/C20H20ClF4N3O3/c21-15-3-1-11(5-16(15)22)17-8-28(10-26-17)13-2-4-18(30-9-13)19(29)27-12-6-14(7-12)31-20(23,24)25/h1,3,5,8,10,12-14,18H,2,4,6-7,9H2,(H,27,29)/t12-,13-,14+,18+/m1/s1. The highest BCUT2D eigenvalue weighted by atomic mass is 35.5. The van der Waals surface area contributed by atoms with Gasteiger partial charge >= 0.3 is 6.36 Å². The summed E-state index contributed by atoms with van der Waals surface area (Å²) in [6.45, 7) is 0.285. The Kier molecular flexibility index (Phi) is 6.23. The normalized spacial score (nSPS) is 26.4. The number of carbonyl (C=O) groups is 1. The van der Waals surface area contributed by atoms with Gasteiger partial charge in [0.2, 0.25) is 5.91 Å². The third-order valence-electron chi connectivity index (χ3n) is 5.52. The topological polar surface area (TPSA) is 65.4 Å². The maximum atomic E-state index is 13.7. The first-order valence-corrected chi connectivity index (χ1v) is 10.2. The lowest BCUT2D eigenvalue weighted by molar-refractivity contribution is -0.351. The van der Waals surface area contributed by atoms with Crippen LogP contribution in [-0.4, -0.2) is 46.7 Å². The van der Waals surface area contributed by atoms with Gasteiger partial charge in [0.15, 0.2) is 0 Å². The number of halogens is 5. The van der Waals surface area contributed by atoms with Crippen molar-refractivity contribution in [2.24, 2.45) is 0 Å². The van der Waals surface area contributed by atoms with Gasteiger partial charge in [0.1, 0.15) is 11.9 Å². The smallest absolute Gasteiger partial charge is 0.366 e. The first-order chi connectivity index (χ1) is 14.7. The fraction of sp³-hybridized carbons (Fsp3) is 0.500. The number of rotatable bonds is 5. The van der Waals surface area contributed by atoms with E-state index in [1.54, 1.807) is 18.6 Å². The van der Waals surface area contributed by atoms with Crippen molar-refractivity contribution in [2.45, 2.75) is 56.3 Å². The molecule has 2 atom stereocenters. The monoisotopic (exact) mass is 461 g/mol. The van der Waals surface area contributed by atoms with Gasteiger partial charge in [-0.3, -0.25) is 9.53 Å². The molecule has 0 radical (unpaired) electrons. The van der Waals surface area contributed by atoms with E-state index in [-0.39, 0.29) is 42.5 Å². The largest absolute Gasteiger partial charge is 0.522 e. The minimum absolute atomic E-state index is 0.0317. The van der Waals surface area contributed by atoms with Crippen molar-refractivity contribution in [1.29, 1.82) is 0 Å². The van der Waals surface area contributed by atoms with E-state index in [0.29, 0.717) is 24.1 Å². The van der Waals surface area contributed by atoms with E-state index in [0.717, 1.165) is 0 Å². The lowest BCUT2D eigenvalue weighted by atomic mass is 9.89. The van der Waals surface area contributed by atoms with Crippen molar-refractivity contribution in [3.63, 3.8) is 0 Å². The number of nitrogens with zero attached hydrogens (tertiary/aromatic N) is 2. The van der Waals surface area contributed by atoms with Crippen LogP contribution >= 0.6 is 11.6 Å². The van der Waals surface area contributed by atoms with Crippen molar-refractivity contribution in [2.75, 3.05) is 6.61 Å². The molecule has 11 heteroatoms. The highest BCUT2D eigenvalue weighted by molar-refractivity contribution is 6.30. The lowest BCUT2D eigenvalue weighted by Gasteiger charge is -2.37. The van der Waals surface area contributed by atoms with Crippen molar-refractivity contribution in [3.05, 3.63) is 41.6 Å². The number of hydrogen-bond donors (Lipinski definition) is 1. The van der Waals surface area contributed by atoms with E-state index < -0.39 is 24.4 Å². The van der Waals surface area contributed by atoms with Crippen molar-refractivity contribution in [1.82, 2.24) is 14.9 Å². The van der Waals surface area contributed by atoms with Gasteiger partial charge in [-0.05, 0) is 37.8 Å². The third-order valence-corrected chi connectivity index (χ3v) is 5.83. The summed E-state index contributed by atoms with van der Waals surface area (Å²) >= 11 is 5.71. The lowest BCUT2D eigenvalue weighted by Crippen LogP contribution is -2.52. The van der Waals surface area contributed by atoms with Gasteiger partial charge in [0.05, 0.1) is 35.8 Å². The summed E-state index contributed by atoms with van der Waals surface area (Å²) in [5.41, 5.74) is 1.19. The van der Waals surface area contributed by atoms with Crippen LogP contribution in [0.3, 0.4) is 0 Å². The van der Waals surface area contributed by atoms with Crippen LogP contribution in [0.4, 0.5) is 17.6 Å². The number of benzene rings is 1. The first kappa shape index (κ1) is 22.0. The Morgan fingerprint density at radius 1 is 1.29 bits per heavy atom. The number of carbonyl (C=O) groups excluding carboxylic acids is 1. The molecule has 2 aliphatic rings. The number of amides is 1. The number of alkyl halides is 3. The molecule has 1 N–H and O–H groups in total. The minimum Gasteiger partial charge on any atom is -0.366 e. The van der Waals surface area contributed by atoms with Gasteiger partial charge in [-0.2, -0.15) is 0 Å². The van der Waals surface area contributed by atoms with E-state index in [4.69, 9.17) is 16.3 Å².